The van der Waals surface area contributed by atoms with E-state index in [-0.39, 0.29) is 21.4 Å². The predicted molar refractivity (Wildman–Crippen MR) is 124 cm³/mol. The zero-order valence-corrected chi connectivity index (χ0v) is 19.7. The molecule has 0 aliphatic carbocycles. The summed E-state index contributed by atoms with van der Waals surface area (Å²) in [4.78, 5) is 12.5. The van der Waals surface area contributed by atoms with Crippen LogP contribution in [0.25, 0.3) is 0 Å². The fourth-order valence-corrected chi connectivity index (χ4v) is 4.72. The fourth-order valence-electron chi connectivity index (χ4n) is 3.15. The van der Waals surface area contributed by atoms with E-state index in [0.717, 1.165) is 36.8 Å². The molecule has 7 heteroatoms. The summed E-state index contributed by atoms with van der Waals surface area (Å²) in [5.41, 5.74) is 2.76. The summed E-state index contributed by atoms with van der Waals surface area (Å²) in [6, 6.07) is 9.62. The van der Waals surface area contributed by atoms with Crippen LogP contribution >= 0.6 is 11.6 Å². The molecule has 164 valence electrons. The van der Waals surface area contributed by atoms with E-state index in [1.807, 2.05) is 19.9 Å². The molecule has 5 nitrogen and oxygen atoms in total. The fraction of sp³-hybridized carbons (Fsp3) is 0.435. The number of benzene rings is 2. The molecule has 0 bridgehead atoms. The zero-order chi connectivity index (χ0) is 22.3. The molecule has 0 heterocycles. The third-order valence-corrected chi connectivity index (χ3v) is 7.20. The summed E-state index contributed by atoms with van der Waals surface area (Å²) in [5, 5.41) is 2.99. The summed E-state index contributed by atoms with van der Waals surface area (Å²) >= 11 is 6.16. The van der Waals surface area contributed by atoms with Crippen LogP contribution < -0.4 is 10.0 Å². The Kier molecular flexibility index (Phi) is 8.74. The first-order chi connectivity index (χ1) is 14.2. The second kappa shape index (κ2) is 10.8. The third-order valence-electron chi connectivity index (χ3n) is 5.34. The molecule has 2 aromatic carbocycles. The van der Waals surface area contributed by atoms with Crippen molar-refractivity contribution in [3.8, 4) is 0 Å². The maximum Gasteiger partial charge on any atom is 0.263 e. The number of anilines is 1. The Bertz CT molecular complexity index is 990. The van der Waals surface area contributed by atoms with Crippen LogP contribution in [0, 0.1) is 19.8 Å². The van der Waals surface area contributed by atoms with Gasteiger partial charge in [-0.3, -0.25) is 9.52 Å². The Morgan fingerprint density at radius 2 is 1.80 bits per heavy atom. The summed E-state index contributed by atoms with van der Waals surface area (Å²) < 4.78 is 28.3. The average molecular weight is 451 g/mol. The van der Waals surface area contributed by atoms with Gasteiger partial charge >= 0.3 is 0 Å². The van der Waals surface area contributed by atoms with Crippen LogP contribution in [-0.2, 0) is 10.0 Å². The van der Waals surface area contributed by atoms with Crippen molar-refractivity contribution in [1.29, 1.82) is 0 Å². The Morgan fingerprint density at radius 3 is 2.43 bits per heavy atom. The Hall–Kier alpha value is -2.05. The first kappa shape index (κ1) is 24.2. The van der Waals surface area contributed by atoms with Crippen LogP contribution in [-0.4, -0.2) is 20.9 Å². The molecule has 1 atom stereocenters. The van der Waals surface area contributed by atoms with Crippen molar-refractivity contribution in [2.24, 2.45) is 5.92 Å². The van der Waals surface area contributed by atoms with Crippen molar-refractivity contribution in [2.45, 2.75) is 58.3 Å². The number of halogens is 1. The lowest BCUT2D eigenvalue weighted by molar-refractivity contribution is 0.0945. The highest BCUT2D eigenvalue weighted by Crippen LogP contribution is 2.26. The van der Waals surface area contributed by atoms with Crippen molar-refractivity contribution < 1.29 is 13.2 Å². The van der Waals surface area contributed by atoms with Gasteiger partial charge in [-0.2, -0.15) is 0 Å². The highest BCUT2D eigenvalue weighted by atomic mass is 35.5. The average Bonchev–Trinajstić information content (AvgIpc) is 2.70. The quantitative estimate of drug-likeness (QED) is 0.487. The highest BCUT2D eigenvalue weighted by molar-refractivity contribution is 7.92. The van der Waals surface area contributed by atoms with E-state index in [1.54, 1.807) is 18.2 Å². The Balaban J connectivity index is 2.18. The minimum Gasteiger partial charge on any atom is -0.352 e. The standard InChI is InChI=1S/C23H31ClN2O3S/c1-5-7-8-18(6-2)15-25-23(27)19-10-12-21(24)22(14-19)30(28,29)26-20-11-9-16(3)17(4)13-20/h9-14,18,26H,5-8,15H2,1-4H3,(H,25,27)/t18-/m1/s1. The van der Waals surface area contributed by atoms with Gasteiger partial charge in [0.25, 0.3) is 15.9 Å². The van der Waals surface area contributed by atoms with Gasteiger partial charge in [0.2, 0.25) is 0 Å². The Morgan fingerprint density at radius 1 is 1.07 bits per heavy atom. The van der Waals surface area contributed by atoms with E-state index in [2.05, 4.69) is 23.9 Å². The molecule has 0 aliphatic rings. The molecule has 2 N–H and O–H groups in total. The number of amides is 1. The SMILES string of the molecule is CCCC[C@@H](CC)CNC(=O)c1ccc(Cl)c(S(=O)(=O)Nc2ccc(C)c(C)c2)c1. The number of sulfonamides is 1. The predicted octanol–water partition coefficient (Wildman–Crippen LogP) is 5.70. The maximum atomic E-state index is 12.9. The number of hydrogen-bond donors (Lipinski definition) is 2. The van der Waals surface area contributed by atoms with Gasteiger partial charge in [0.1, 0.15) is 4.90 Å². The minimum absolute atomic E-state index is 0.0669. The van der Waals surface area contributed by atoms with Crippen molar-refractivity contribution in [3.05, 3.63) is 58.1 Å². The molecular weight excluding hydrogens is 420 g/mol. The van der Waals surface area contributed by atoms with Crippen LogP contribution in [0.4, 0.5) is 5.69 Å². The minimum atomic E-state index is -3.94. The van der Waals surface area contributed by atoms with Gasteiger partial charge in [-0.1, -0.05) is 50.8 Å². The number of carbonyl (C=O) groups is 1. The largest absolute Gasteiger partial charge is 0.352 e. The zero-order valence-electron chi connectivity index (χ0n) is 18.1. The molecule has 0 saturated carbocycles. The molecule has 0 radical (unpaired) electrons. The second-order valence-corrected chi connectivity index (χ2v) is 9.73. The van der Waals surface area contributed by atoms with E-state index in [4.69, 9.17) is 11.6 Å². The third kappa shape index (κ3) is 6.47. The normalized spacial score (nSPS) is 12.4. The highest BCUT2D eigenvalue weighted by Gasteiger charge is 2.21. The summed E-state index contributed by atoms with van der Waals surface area (Å²) in [5.74, 6) is 0.111. The van der Waals surface area contributed by atoms with Gasteiger partial charge in [0.05, 0.1) is 5.02 Å². The van der Waals surface area contributed by atoms with E-state index >= 15 is 0 Å². The van der Waals surface area contributed by atoms with Gasteiger partial charge in [-0.25, -0.2) is 8.42 Å². The van der Waals surface area contributed by atoms with E-state index in [0.29, 0.717) is 18.2 Å². The number of rotatable bonds is 10. The number of unbranched alkanes of at least 4 members (excludes halogenated alkanes) is 1. The summed E-state index contributed by atoms with van der Waals surface area (Å²) in [7, 11) is -3.94. The smallest absolute Gasteiger partial charge is 0.263 e. The number of aryl methyl sites for hydroxylation is 2. The summed E-state index contributed by atoms with van der Waals surface area (Å²) in [6.45, 7) is 8.69. The van der Waals surface area contributed by atoms with Gasteiger partial charge < -0.3 is 5.32 Å². The van der Waals surface area contributed by atoms with E-state index < -0.39 is 10.0 Å². The molecule has 0 fully saturated rings. The first-order valence-electron chi connectivity index (χ1n) is 10.4. The molecule has 0 spiro atoms. The van der Waals surface area contributed by atoms with Gasteiger partial charge in [0, 0.05) is 17.8 Å². The van der Waals surface area contributed by atoms with Crippen molar-refractivity contribution in [3.63, 3.8) is 0 Å². The van der Waals surface area contributed by atoms with E-state index in [1.165, 1.54) is 12.1 Å². The molecular formula is C23H31ClN2O3S. The maximum absolute atomic E-state index is 12.9. The van der Waals surface area contributed by atoms with Gasteiger partial charge in [-0.15, -0.1) is 0 Å². The van der Waals surface area contributed by atoms with Crippen LogP contribution in [0.2, 0.25) is 5.02 Å². The van der Waals surface area contributed by atoms with Gasteiger partial charge in [-0.05, 0) is 67.6 Å². The number of carbonyl (C=O) groups excluding carboxylic acids is 1. The molecule has 0 aliphatic heterocycles. The van der Waals surface area contributed by atoms with Crippen molar-refractivity contribution >= 4 is 33.2 Å². The van der Waals surface area contributed by atoms with Crippen LogP contribution in [0.3, 0.4) is 0 Å². The summed E-state index contributed by atoms with van der Waals surface area (Å²) in [6.07, 6.45) is 4.30. The lowest BCUT2D eigenvalue weighted by Gasteiger charge is -2.16. The molecule has 0 saturated heterocycles. The van der Waals surface area contributed by atoms with Crippen LogP contribution in [0.5, 0.6) is 0 Å². The molecule has 2 rings (SSSR count). The lowest BCUT2D eigenvalue weighted by Crippen LogP contribution is -2.29. The van der Waals surface area contributed by atoms with Crippen molar-refractivity contribution in [1.82, 2.24) is 5.32 Å². The number of nitrogens with one attached hydrogen (secondary N) is 2. The second-order valence-electron chi connectivity index (χ2n) is 7.68. The molecule has 2 aromatic rings. The Labute approximate surface area is 185 Å². The van der Waals surface area contributed by atoms with Gasteiger partial charge in [0.15, 0.2) is 0 Å². The first-order valence-corrected chi connectivity index (χ1v) is 12.2. The molecule has 0 aromatic heterocycles. The monoisotopic (exact) mass is 450 g/mol. The molecule has 1 amide bonds. The van der Waals surface area contributed by atoms with E-state index in [9.17, 15) is 13.2 Å². The number of hydrogen-bond acceptors (Lipinski definition) is 3. The van der Waals surface area contributed by atoms with Crippen LogP contribution in [0.15, 0.2) is 41.3 Å². The lowest BCUT2D eigenvalue weighted by atomic mass is 9.99. The van der Waals surface area contributed by atoms with Crippen molar-refractivity contribution in [2.75, 3.05) is 11.3 Å². The molecule has 0 unspecified atom stereocenters. The van der Waals surface area contributed by atoms with Crippen LogP contribution in [0.1, 0.15) is 61.0 Å². The molecule has 30 heavy (non-hydrogen) atoms. The topological polar surface area (TPSA) is 75.3 Å².